The van der Waals surface area contributed by atoms with Crippen LogP contribution in [0.2, 0.25) is 0 Å². The molecule has 0 unspecified atom stereocenters. The monoisotopic (exact) mass is 310 g/mol. The molecule has 118 valence electrons. The van der Waals surface area contributed by atoms with E-state index in [1.54, 1.807) is 14.2 Å². The van der Waals surface area contributed by atoms with E-state index in [2.05, 4.69) is 15.2 Å². The molecule has 0 spiro atoms. The van der Waals surface area contributed by atoms with Gasteiger partial charge in [0.2, 0.25) is 0 Å². The van der Waals surface area contributed by atoms with Gasteiger partial charge in [0.05, 0.1) is 14.2 Å². The van der Waals surface area contributed by atoms with Crippen LogP contribution in [0.25, 0.3) is 22.8 Å². The fraction of sp³-hybridized carbons (Fsp3) is 0.176. The van der Waals surface area contributed by atoms with Gasteiger partial charge >= 0.3 is 0 Å². The lowest BCUT2D eigenvalue weighted by molar-refractivity contribution is 0.355. The number of methoxy groups -OCH3 is 2. The number of rotatable bonds is 4. The average molecular weight is 310 g/mol. The standard InChI is InChI=1S/C17H18N4O2/c1-10-4-5-11(8-13(10)18)16-19-17(21-20-16)12-6-7-14(22-2)15(9-12)23-3/h4-9H,18H2,1-3H3,(H,19,20,21). The van der Waals surface area contributed by atoms with Crippen molar-refractivity contribution in [3.8, 4) is 34.3 Å². The zero-order valence-corrected chi connectivity index (χ0v) is 13.3. The van der Waals surface area contributed by atoms with Gasteiger partial charge in [-0.15, -0.1) is 0 Å². The van der Waals surface area contributed by atoms with Crippen LogP contribution in [0.5, 0.6) is 11.5 Å². The predicted octanol–water partition coefficient (Wildman–Crippen LogP) is 3.05. The summed E-state index contributed by atoms with van der Waals surface area (Å²) in [4.78, 5) is 4.53. The van der Waals surface area contributed by atoms with Crippen LogP contribution in [-0.4, -0.2) is 29.4 Å². The highest BCUT2D eigenvalue weighted by Gasteiger charge is 2.11. The van der Waals surface area contributed by atoms with Crippen LogP contribution in [0.15, 0.2) is 36.4 Å². The molecule has 0 radical (unpaired) electrons. The fourth-order valence-electron chi connectivity index (χ4n) is 2.28. The maximum atomic E-state index is 5.95. The van der Waals surface area contributed by atoms with E-state index in [-0.39, 0.29) is 0 Å². The van der Waals surface area contributed by atoms with Crippen molar-refractivity contribution >= 4 is 5.69 Å². The first-order chi connectivity index (χ1) is 11.1. The van der Waals surface area contributed by atoms with Crippen LogP contribution in [0, 0.1) is 6.92 Å². The molecular weight excluding hydrogens is 292 g/mol. The average Bonchev–Trinajstić information content (AvgIpc) is 3.06. The van der Waals surface area contributed by atoms with E-state index >= 15 is 0 Å². The SMILES string of the molecule is COc1ccc(-c2nc(-c3ccc(C)c(N)c3)n[nH]2)cc1OC. The number of ether oxygens (including phenoxy) is 2. The summed E-state index contributed by atoms with van der Waals surface area (Å²) in [6, 6.07) is 11.4. The minimum Gasteiger partial charge on any atom is -0.493 e. The Kier molecular flexibility index (Phi) is 3.89. The number of hydrogen-bond donors (Lipinski definition) is 2. The number of nitrogen functional groups attached to an aromatic ring is 1. The quantitative estimate of drug-likeness (QED) is 0.723. The summed E-state index contributed by atoms with van der Waals surface area (Å²) in [5, 5.41) is 7.21. The zero-order valence-electron chi connectivity index (χ0n) is 13.3. The van der Waals surface area contributed by atoms with Crippen molar-refractivity contribution in [2.24, 2.45) is 0 Å². The van der Waals surface area contributed by atoms with Crippen LogP contribution in [-0.2, 0) is 0 Å². The Balaban J connectivity index is 1.97. The molecular formula is C17H18N4O2. The van der Waals surface area contributed by atoms with Gasteiger partial charge in [0.1, 0.15) is 0 Å². The summed E-state index contributed by atoms with van der Waals surface area (Å²) < 4.78 is 10.6. The Bertz CT molecular complexity index is 842. The third-order valence-corrected chi connectivity index (χ3v) is 3.68. The first-order valence-corrected chi connectivity index (χ1v) is 7.13. The van der Waals surface area contributed by atoms with Crippen LogP contribution in [0.3, 0.4) is 0 Å². The molecule has 1 heterocycles. The molecule has 0 aliphatic heterocycles. The van der Waals surface area contributed by atoms with Crippen molar-refractivity contribution in [1.29, 1.82) is 0 Å². The van der Waals surface area contributed by atoms with E-state index in [9.17, 15) is 0 Å². The van der Waals surface area contributed by atoms with E-state index in [1.807, 2.05) is 43.3 Å². The Hall–Kier alpha value is -3.02. The van der Waals surface area contributed by atoms with Gasteiger partial charge in [-0.05, 0) is 36.8 Å². The lowest BCUT2D eigenvalue weighted by atomic mass is 10.1. The zero-order chi connectivity index (χ0) is 16.4. The Morgan fingerprint density at radius 1 is 0.957 bits per heavy atom. The van der Waals surface area contributed by atoms with Gasteiger partial charge in [0.15, 0.2) is 23.1 Å². The molecule has 0 aliphatic rings. The Labute approximate surface area is 134 Å². The number of H-pyrrole nitrogens is 1. The van der Waals surface area contributed by atoms with E-state index in [0.717, 1.165) is 22.4 Å². The summed E-state index contributed by atoms with van der Waals surface area (Å²) in [7, 11) is 3.20. The minimum absolute atomic E-state index is 0.599. The summed E-state index contributed by atoms with van der Waals surface area (Å²) in [6.07, 6.45) is 0. The van der Waals surface area contributed by atoms with Crippen molar-refractivity contribution < 1.29 is 9.47 Å². The largest absolute Gasteiger partial charge is 0.493 e. The van der Waals surface area contributed by atoms with Crippen molar-refractivity contribution in [3.05, 3.63) is 42.0 Å². The number of anilines is 1. The topological polar surface area (TPSA) is 86.0 Å². The maximum Gasteiger partial charge on any atom is 0.181 e. The number of aryl methyl sites for hydroxylation is 1. The first-order valence-electron chi connectivity index (χ1n) is 7.13. The van der Waals surface area contributed by atoms with Crippen molar-refractivity contribution in [2.75, 3.05) is 20.0 Å². The maximum absolute atomic E-state index is 5.95. The molecule has 3 N–H and O–H groups in total. The third-order valence-electron chi connectivity index (χ3n) is 3.68. The molecule has 6 heteroatoms. The second-order valence-electron chi connectivity index (χ2n) is 5.15. The number of nitrogens with one attached hydrogen (secondary N) is 1. The lowest BCUT2D eigenvalue weighted by Gasteiger charge is -2.08. The molecule has 0 amide bonds. The molecule has 0 fully saturated rings. The summed E-state index contributed by atoms with van der Waals surface area (Å²) in [6.45, 7) is 1.96. The van der Waals surface area contributed by atoms with Gasteiger partial charge in [-0.2, -0.15) is 5.10 Å². The van der Waals surface area contributed by atoms with Gasteiger partial charge in [-0.25, -0.2) is 4.98 Å². The highest BCUT2D eigenvalue weighted by molar-refractivity contribution is 5.67. The molecule has 1 aromatic heterocycles. The van der Waals surface area contributed by atoms with Crippen molar-refractivity contribution in [1.82, 2.24) is 15.2 Å². The number of hydrogen-bond acceptors (Lipinski definition) is 5. The van der Waals surface area contributed by atoms with Crippen molar-refractivity contribution in [3.63, 3.8) is 0 Å². The highest BCUT2D eigenvalue weighted by atomic mass is 16.5. The first kappa shape index (κ1) is 14.9. The number of aromatic amines is 1. The second-order valence-corrected chi connectivity index (χ2v) is 5.15. The van der Waals surface area contributed by atoms with Crippen LogP contribution < -0.4 is 15.2 Å². The van der Waals surface area contributed by atoms with Crippen LogP contribution in [0.4, 0.5) is 5.69 Å². The van der Waals surface area contributed by atoms with Gasteiger partial charge in [0.25, 0.3) is 0 Å². The fourth-order valence-corrected chi connectivity index (χ4v) is 2.28. The van der Waals surface area contributed by atoms with Gasteiger partial charge < -0.3 is 15.2 Å². The van der Waals surface area contributed by atoms with Gasteiger partial charge in [-0.3, -0.25) is 5.10 Å². The molecule has 0 saturated carbocycles. The number of nitrogens with zero attached hydrogens (tertiary/aromatic N) is 2. The summed E-state index contributed by atoms with van der Waals surface area (Å²) in [5.74, 6) is 2.56. The highest BCUT2D eigenvalue weighted by Crippen LogP contribution is 2.31. The normalized spacial score (nSPS) is 10.6. The Morgan fingerprint density at radius 3 is 2.39 bits per heavy atom. The van der Waals surface area contributed by atoms with E-state index in [1.165, 1.54) is 0 Å². The van der Waals surface area contributed by atoms with Gasteiger partial charge in [0, 0.05) is 16.8 Å². The molecule has 0 atom stereocenters. The molecule has 2 aromatic carbocycles. The number of benzene rings is 2. The Morgan fingerprint density at radius 2 is 1.70 bits per heavy atom. The molecule has 0 saturated heterocycles. The molecule has 0 aliphatic carbocycles. The summed E-state index contributed by atoms with van der Waals surface area (Å²) >= 11 is 0. The van der Waals surface area contributed by atoms with Crippen LogP contribution >= 0.6 is 0 Å². The third kappa shape index (κ3) is 2.83. The molecule has 23 heavy (non-hydrogen) atoms. The van der Waals surface area contributed by atoms with E-state index in [4.69, 9.17) is 15.2 Å². The molecule has 3 aromatic rings. The smallest absolute Gasteiger partial charge is 0.181 e. The summed E-state index contributed by atoms with van der Waals surface area (Å²) in [5.41, 5.74) is 9.44. The number of aromatic nitrogens is 3. The second kappa shape index (κ2) is 6.00. The number of nitrogens with two attached hydrogens (primary N) is 1. The lowest BCUT2D eigenvalue weighted by Crippen LogP contribution is -1.91. The van der Waals surface area contributed by atoms with Gasteiger partial charge in [-0.1, -0.05) is 12.1 Å². The molecule has 6 nitrogen and oxygen atoms in total. The predicted molar refractivity (Wildman–Crippen MR) is 89.5 cm³/mol. The van der Waals surface area contributed by atoms with E-state index in [0.29, 0.717) is 23.1 Å². The molecule has 0 bridgehead atoms. The molecule has 3 rings (SSSR count). The van der Waals surface area contributed by atoms with Crippen LogP contribution in [0.1, 0.15) is 5.56 Å². The van der Waals surface area contributed by atoms with E-state index < -0.39 is 0 Å². The minimum atomic E-state index is 0.599. The van der Waals surface area contributed by atoms with Crippen molar-refractivity contribution in [2.45, 2.75) is 6.92 Å².